The van der Waals surface area contributed by atoms with Crippen molar-refractivity contribution in [3.05, 3.63) is 0 Å². The fourth-order valence-corrected chi connectivity index (χ4v) is 0.977. The molecule has 0 aromatic carbocycles. The van der Waals surface area contributed by atoms with Crippen LogP contribution in [0.4, 0.5) is 0 Å². The predicted molar refractivity (Wildman–Crippen MR) is 56.8 cm³/mol. The summed E-state index contributed by atoms with van der Waals surface area (Å²) in [6.07, 6.45) is 8.26. The van der Waals surface area contributed by atoms with Gasteiger partial charge in [0.05, 0.1) is 6.61 Å². The highest BCUT2D eigenvalue weighted by Crippen LogP contribution is 1.91. The molecule has 0 aliphatic carbocycles. The van der Waals surface area contributed by atoms with Gasteiger partial charge in [-0.1, -0.05) is 0 Å². The van der Waals surface area contributed by atoms with Crippen LogP contribution in [-0.2, 0) is 9.53 Å². The van der Waals surface area contributed by atoms with Crippen LogP contribution in [0.1, 0.15) is 32.6 Å². The Balaban J connectivity index is 3.15. The standard InChI is InChI=1S/C11H19NO2/c1-3-5-6-7-9-12-11(13)8-10-14-4-2/h1H,4-10H2,2H3,(H,12,13). The van der Waals surface area contributed by atoms with E-state index >= 15 is 0 Å². The van der Waals surface area contributed by atoms with Gasteiger partial charge in [-0.25, -0.2) is 0 Å². The van der Waals surface area contributed by atoms with E-state index in [4.69, 9.17) is 11.2 Å². The van der Waals surface area contributed by atoms with Gasteiger partial charge in [0.15, 0.2) is 0 Å². The van der Waals surface area contributed by atoms with Crippen molar-refractivity contribution in [2.45, 2.75) is 32.6 Å². The van der Waals surface area contributed by atoms with Gasteiger partial charge in [-0.3, -0.25) is 4.79 Å². The number of unbranched alkanes of at least 4 members (excludes halogenated alkanes) is 2. The van der Waals surface area contributed by atoms with Crippen LogP contribution >= 0.6 is 0 Å². The maximum Gasteiger partial charge on any atom is 0.222 e. The summed E-state index contributed by atoms with van der Waals surface area (Å²) < 4.78 is 5.06. The first-order chi connectivity index (χ1) is 6.81. The zero-order valence-corrected chi connectivity index (χ0v) is 8.84. The lowest BCUT2D eigenvalue weighted by Gasteiger charge is -2.04. The Morgan fingerprint density at radius 2 is 2.29 bits per heavy atom. The molecule has 3 nitrogen and oxygen atoms in total. The molecule has 0 aliphatic heterocycles. The summed E-state index contributed by atoms with van der Waals surface area (Å²) in [5.74, 6) is 2.62. The van der Waals surface area contributed by atoms with E-state index in [-0.39, 0.29) is 5.91 Å². The van der Waals surface area contributed by atoms with E-state index in [1.807, 2.05) is 6.92 Å². The first kappa shape index (κ1) is 13.0. The second-order valence-corrected chi connectivity index (χ2v) is 2.96. The Hall–Kier alpha value is -1.01. The van der Waals surface area contributed by atoms with Crippen LogP contribution in [0.5, 0.6) is 0 Å². The number of nitrogens with one attached hydrogen (secondary N) is 1. The fraction of sp³-hybridized carbons (Fsp3) is 0.727. The van der Waals surface area contributed by atoms with E-state index in [1.54, 1.807) is 0 Å². The van der Waals surface area contributed by atoms with Crippen molar-refractivity contribution >= 4 is 5.91 Å². The van der Waals surface area contributed by atoms with E-state index in [1.165, 1.54) is 0 Å². The van der Waals surface area contributed by atoms with Crippen LogP contribution in [0.25, 0.3) is 0 Å². The summed E-state index contributed by atoms with van der Waals surface area (Å²) in [4.78, 5) is 11.1. The number of terminal acetylenes is 1. The Labute approximate surface area is 86.2 Å². The van der Waals surface area contributed by atoms with Gasteiger partial charge in [-0.15, -0.1) is 12.3 Å². The molecule has 0 spiro atoms. The number of carbonyl (C=O) groups is 1. The molecule has 80 valence electrons. The number of carbonyl (C=O) groups excluding carboxylic acids is 1. The van der Waals surface area contributed by atoms with E-state index in [9.17, 15) is 4.79 Å². The Bertz CT molecular complexity index is 184. The van der Waals surface area contributed by atoms with Gasteiger partial charge >= 0.3 is 0 Å². The van der Waals surface area contributed by atoms with E-state index in [0.717, 1.165) is 19.3 Å². The van der Waals surface area contributed by atoms with Crippen LogP contribution in [0.3, 0.4) is 0 Å². The highest BCUT2D eigenvalue weighted by Gasteiger charge is 1.98. The second-order valence-electron chi connectivity index (χ2n) is 2.96. The minimum absolute atomic E-state index is 0.0548. The third kappa shape index (κ3) is 9.08. The molecule has 0 rings (SSSR count). The molecular formula is C11H19NO2. The van der Waals surface area contributed by atoms with Crippen molar-refractivity contribution in [2.24, 2.45) is 0 Å². The first-order valence-corrected chi connectivity index (χ1v) is 5.09. The van der Waals surface area contributed by atoms with Gasteiger partial charge in [0.25, 0.3) is 0 Å². The van der Waals surface area contributed by atoms with Crippen LogP contribution < -0.4 is 5.32 Å². The Morgan fingerprint density at radius 3 is 2.93 bits per heavy atom. The Kier molecular flexibility index (Phi) is 9.35. The van der Waals surface area contributed by atoms with Crippen molar-refractivity contribution < 1.29 is 9.53 Å². The highest BCUT2D eigenvalue weighted by molar-refractivity contribution is 5.75. The zero-order chi connectivity index (χ0) is 10.6. The average molecular weight is 197 g/mol. The average Bonchev–Trinajstić information content (AvgIpc) is 2.18. The van der Waals surface area contributed by atoms with Gasteiger partial charge in [-0.2, -0.15) is 0 Å². The van der Waals surface area contributed by atoms with Gasteiger partial charge in [-0.05, 0) is 19.8 Å². The summed E-state index contributed by atoms with van der Waals surface area (Å²) in [5, 5.41) is 2.81. The molecular weight excluding hydrogens is 178 g/mol. The summed E-state index contributed by atoms with van der Waals surface area (Å²) in [7, 11) is 0. The molecule has 1 N–H and O–H groups in total. The molecule has 0 heterocycles. The molecule has 0 fully saturated rings. The van der Waals surface area contributed by atoms with Crippen LogP contribution in [0.2, 0.25) is 0 Å². The second kappa shape index (κ2) is 10.1. The largest absolute Gasteiger partial charge is 0.381 e. The van der Waals surface area contributed by atoms with Gasteiger partial charge in [0, 0.05) is 26.0 Å². The maximum atomic E-state index is 11.1. The minimum Gasteiger partial charge on any atom is -0.381 e. The van der Waals surface area contributed by atoms with Crippen LogP contribution in [0.15, 0.2) is 0 Å². The number of hydrogen-bond acceptors (Lipinski definition) is 2. The highest BCUT2D eigenvalue weighted by atomic mass is 16.5. The minimum atomic E-state index is 0.0548. The number of ether oxygens (including phenoxy) is 1. The van der Waals surface area contributed by atoms with Gasteiger partial charge < -0.3 is 10.1 Å². The molecule has 1 amide bonds. The molecule has 14 heavy (non-hydrogen) atoms. The van der Waals surface area contributed by atoms with Gasteiger partial charge in [0.1, 0.15) is 0 Å². The SMILES string of the molecule is C#CCCCCNC(=O)CCOCC. The fourth-order valence-electron chi connectivity index (χ4n) is 0.977. The summed E-state index contributed by atoms with van der Waals surface area (Å²) in [5.41, 5.74) is 0. The first-order valence-electron chi connectivity index (χ1n) is 5.09. The normalized spacial score (nSPS) is 9.43. The molecule has 0 unspecified atom stereocenters. The maximum absolute atomic E-state index is 11.1. The lowest BCUT2D eigenvalue weighted by Crippen LogP contribution is -2.25. The van der Waals surface area contributed by atoms with E-state index in [2.05, 4.69) is 11.2 Å². The van der Waals surface area contributed by atoms with Crippen LogP contribution in [0, 0.1) is 12.3 Å². The smallest absolute Gasteiger partial charge is 0.222 e. The van der Waals surface area contributed by atoms with Crippen molar-refractivity contribution in [3.63, 3.8) is 0 Å². The topological polar surface area (TPSA) is 38.3 Å². The molecule has 0 aliphatic rings. The molecule has 3 heteroatoms. The third-order valence-electron chi connectivity index (χ3n) is 1.75. The molecule has 0 aromatic heterocycles. The van der Waals surface area contributed by atoms with Gasteiger partial charge in [0.2, 0.25) is 5.91 Å². The third-order valence-corrected chi connectivity index (χ3v) is 1.75. The number of amides is 1. The molecule has 0 radical (unpaired) electrons. The summed E-state index contributed by atoms with van der Waals surface area (Å²) >= 11 is 0. The molecule has 0 bridgehead atoms. The van der Waals surface area contributed by atoms with Crippen molar-refractivity contribution in [1.29, 1.82) is 0 Å². The monoisotopic (exact) mass is 197 g/mol. The Morgan fingerprint density at radius 1 is 1.50 bits per heavy atom. The predicted octanol–water partition coefficient (Wildman–Crippen LogP) is 1.33. The zero-order valence-electron chi connectivity index (χ0n) is 8.84. The molecule has 0 saturated heterocycles. The molecule has 0 atom stereocenters. The summed E-state index contributed by atoms with van der Waals surface area (Å²) in [6, 6.07) is 0. The van der Waals surface area contributed by atoms with Crippen LogP contribution in [-0.4, -0.2) is 25.7 Å². The lowest BCUT2D eigenvalue weighted by molar-refractivity contribution is -0.122. The molecule has 0 aromatic rings. The van der Waals surface area contributed by atoms with Crippen molar-refractivity contribution in [2.75, 3.05) is 19.8 Å². The number of rotatable bonds is 8. The van der Waals surface area contributed by atoms with E-state index in [0.29, 0.717) is 26.2 Å². The van der Waals surface area contributed by atoms with Crippen molar-refractivity contribution in [3.8, 4) is 12.3 Å². The van der Waals surface area contributed by atoms with Crippen molar-refractivity contribution in [1.82, 2.24) is 5.32 Å². The number of hydrogen-bond donors (Lipinski definition) is 1. The quantitative estimate of drug-likeness (QED) is 0.471. The molecule has 0 saturated carbocycles. The van der Waals surface area contributed by atoms with E-state index < -0.39 is 0 Å². The summed E-state index contributed by atoms with van der Waals surface area (Å²) in [6.45, 7) is 3.80. The lowest BCUT2D eigenvalue weighted by atomic mass is 10.2.